The van der Waals surface area contributed by atoms with Crippen molar-refractivity contribution in [2.75, 3.05) is 11.5 Å². The van der Waals surface area contributed by atoms with Crippen LogP contribution < -0.4 is 0 Å². The second kappa shape index (κ2) is 3.80. The highest BCUT2D eigenvalue weighted by atomic mass is 32.2. The summed E-state index contributed by atoms with van der Waals surface area (Å²) in [5.41, 5.74) is 0.143. The van der Waals surface area contributed by atoms with Crippen molar-refractivity contribution < 1.29 is 13.2 Å². The van der Waals surface area contributed by atoms with E-state index in [1.54, 1.807) is 0 Å². The summed E-state index contributed by atoms with van der Waals surface area (Å²) in [6.07, 6.45) is 1.20. The smallest absolute Gasteiger partial charge is 0.252 e. The lowest BCUT2D eigenvalue weighted by molar-refractivity contribution is -0.136. The molecule has 1 fully saturated rings. The molecule has 0 N–H and O–H groups in total. The van der Waals surface area contributed by atoms with Crippen molar-refractivity contribution in [3.05, 3.63) is 0 Å². The Labute approximate surface area is 102 Å². The summed E-state index contributed by atoms with van der Waals surface area (Å²) in [6, 6.07) is 0. The molecule has 0 bridgehead atoms. The van der Waals surface area contributed by atoms with Gasteiger partial charge in [0.05, 0.1) is 23.0 Å². The van der Waals surface area contributed by atoms with E-state index in [2.05, 4.69) is 5.10 Å². The molecule has 0 aromatic carbocycles. The summed E-state index contributed by atoms with van der Waals surface area (Å²) in [6.45, 7) is 5.59. The van der Waals surface area contributed by atoms with Crippen LogP contribution in [0.2, 0.25) is 0 Å². The molecule has 1 saturated heterocycles. The number of hydrazone groups is 1. The Hall–Kier alpha value is -0.910. The fraction of sp³-hybridized carbons (Fsp3) is 0.818. The molecule has 2 unspecified atom stereocenters. The van der Waals surface area contributed by atoms with Gasteiger partial charge in [0.15, 0.2) is 9.84 Å². The number of hydrogen-bond donors (Lipinski definition) is 0. The average molecular weight is 258 g/mol. The van der Waals surface area contributed by atoms with Crippen LogP contribution in [-0.2, 0) is 14.6 Å². The van der Waals surface area contributed by atoms with Crippen LogP contribution in [0.1, 0.15) is 33.6 Å². The van der Waals surface area contributed by atoms with Gasteiger partial charge >= 0.3 is 0 Å². The molecule has 2 heterocycles. The number of hydrogen-bond acceptors (Lipinski definition) is 4. The zero-order valence-electron chi connectivity index (χ0n) is 10.4. The minimum atomic E-state index is -3.02. The summed E-state index contributed by atoms with van der Waals surface area (Å²) < 4.78 is 23.1. The maximum Gasteiger partial charge on any atom is 0.252 e. The van der Waals surface area contributed by atoms with Crippen molar-refractivity contribution in [3.8, 4) is 0 Å². The fourth-order valence-corrected chi connectivity index (χ4v) is 4.73. The first-order valence-corrected chi connectivity index (χ1v) is 7.71. The maximum absolute atomic E-state index is 12.2. The van der Waals surface area contributed by atoms with E-state index >= 15 is 0 Å². The minimum absolute atomic E-state index is 0.0267. The Balaban J connectivity index is 2.29. The molecule has 2 aliphatic heterocycles. The van der Waals surface area contributed by atoms with Crippen LogP contribution in [0.3, 0.4) is 0 Å². The van der Waals surface area contributed by atoms with Crippen LogP contribution in [0.4, 0.5) is 0 Å². The van der Waals surface area contributed by atoms with Crippen LogP contribution >= 0.6 is 0 Å². The van der Waals surface area contributed by atoms with E-state index in [4.69, 9.17) is 0 Å². The van der Waals surface area contributed by atoms with Gasteiger partial charge in [0, 0.05) is 5.71 Å². The molecule has 2 atom stereocenters. The Morgan fingerprint density at radius 1 is 1.53 bits per heavy atom. The molecular weight excluding hydrogens is 240 g/mol. The molecule has 0 spiro atoms. The Morgan fingerprint density at radius 3 is 2.59 bits per heavy atom. The number of amides is 1. The molecule has 5 nitrogen and oxygen atoms in total. The highest BCUT2D eigenvalue weighted by Crippen LogP contribution is 2.34. The van der Waals surface area contributed by atoms with E-state index in [9.17, 15) is 13.2 Å². The lowest BCUT2D eigenvalue weighted by Crippen LogP contribution is -2.46. The molecule has 0 aromatic rings. The number of sulfone groups is 1. The third-order valence-electron chi connectivity index (χ3n) is 3.67. The van der Waals surface area contributed by atoms with Crippen LogP contribution in [-0.4, -0.2) is 42.1 Å². The molecule has 2 aliphatic rings. The standard InChI is InChI=1S/C11H18N2O3S/c1-4-9-8(2)12-13(10(9)14)11(3)5-6-17(15,16)7-11/h9H,4-7H2,1-3H3. The van der Waals surface area contributed by atoms with Crippen molar-refractivity contribution in [2.24, 2.45) is 11.0 Å². The van der Waals surface area contributed by atoms with Gasteiger partial charge < -0.3 is 0 Å². The highest BCUT2D eigenvalue weighted by molar-refractivity contribution is 7.91. The lowest BCUT2D eigenvalue weighted by Gasteiger charge is -2.31. The van der Waals surface area contributed by atoms with E-state index in [1.807, 2.05) is 20.8 Å². The number of carbonyl (C=O) groups excluding carboxylic acids is 1. The number of nitrogens with zero attached hydrogens (tertiary/aromatic N) is 2. The first kappa shape index (κ1) is 12.5. The quantitative estimate of drug-likeness (QED) is 0.736. The number of carbonyl (C=O) groups is 1. The largest absolute Gasteiger partial charge is 0.272 e. The molecule has 17 heavy (non-hydrogen) atoms. The van der Waals surface area contributed by atoms with E-state index in [0.29, 0.717) is 12.8 Å². The van der Waals surface area contributed by atoms with Gasteiger partial charge in [0.2, 0.25) is 0 Å². The molecular formula is C11H18N2O3S. The molecule has 2 rings (SSSR count). The van der Waals surface area contributed by atoms with E-state index in [-0.39, 0.29) is 23.3 Å². The summed E-state index contributed by atoms with van der Waals surface area (Å²) in [5, 5.41) is 5.69. The van der Waals surface area contributed by atoms with Crippen LogP contribution in [0.15, 0.2) is 5.10 Å². The minimum Gasteiger partial charge on any atom is -0.272 e. The maximum atomic E-state index is 12.2. The normalized spacial score (nSPS) is 36.4. The van der Waals surface area contributed by atoms with E-state index in [1.165, 1.54) is 5.01 Å². The number of rotatable bonds is 2. The third-order valence-corrected chi connectivity index (χ3v) is 5.56. The van der Waals surface area contributed by atoms with Gasteiger partial charge in [-0.15, -0.1) is 0 Å². The van der Waals surface area contributed by atoms with Gasteiger partial charge in [-0.25, -0.2) is 13.4 Å². The van der Waals surface area contributed by atoms with E-state index < -0.39 is 15.4 Å². The fourth-order valence-electron chi connectivity index (χ4n) is 2.62. The first-order chi connectivity index (χ1) is 7.79. The zero-order chi connectivity index (χ0) is 12.8. The van der Waals surface area contributed by atoms with Gasteiger partial charge in [-0.2, -0.15) is 5.10 Å². The molecule has 0 radical (unpaired) electrons. The first-order valence-electron chi connectivity index (χ1n) is 5.89. The van der Waals surface area contributed by atoms with Crippen molar-refractivity contribution in [1.29, 1.82) is 0 Å². The SMILES string of the molecule is CCC1C(=O)N(C2(C)CCS(=O)(=O)C2)N=C1C. The molecule has 0 saturated carbocycles. The van der Waals surface area contributed by atoms with Crippen molar-refractivity contribution in [2.45, 2.75) is 39.2 Å². The lowest BCUT2D eigenvalue weighted by atomic mass is 9.97. The van der Waals surface area contributed by atoms with Crippen molar-refractivity contribution in [1.82, 2.24) is 5.01 Å². The topological polar surface area (TPSA) is 66.8 Å². The highest BCUT2D eigenvalue weighted by Gasteiger charge is 2.49. The summed E-state index contributed by atoms with van der Waals surface area (Å²) >= 11 is 0. The summed E-state index contributed by atoms with van der Waals surface area (Å²) in [7, 11) is -3.02. The predicted molar refractivity (Wildman–Crippen MR) is 65.4 cm³/mol. The molecule has 6 heteroatoms. The van der Waals surface area contributed by atoms with Crippen molar-refractivity contribution in [3.63, 3.8) is 0 Å². The van der Waals surface area contributed by atoms with Crippen molar-refractivity contribution >= 4 is 21.5 Å². The van der Waals surface area contributed by atoms with Crippen LogP contribution in [0, 0.1) is 5.92 Å². The summed E-state index contributed by atoms with van der Waals surface area (Å²) in [5.74, 6) is -0.0443. The molecule has 96 valence electrons. The average Bonchev–Trinajstić information content (AvgIpc) is 2.66. The molecule has 1 amide bonds. The van der Waals surface area contributed by atoms with Gasteiger partial charge in [-0.3, -0.25) is 4.79 Å². The Kier molecular flexibility index (Phi) is 2.80. The van der Waals surface area contributed by atoms with Gasteiger partial charge in [0.1, 0.15) is 0 Å². The monoisotopic (exact) mass is 258 g/mol. The van der Waals surface area contributed by atoms with Crippen LogP contribution in [0.5, 0.6) is 0 Å². The van der Waals surface area contributed by atoms with E-state index in [0.717, 1.165) is 5.71 Å². The zero-order valence-corrected chi connectivity index (χ0v) is 11.2. The van der Waals surface area contributed by atoms with Gasteiger partial charge in [0.25, 0.3) is 5.91 Å². The molecule has 0 aliphatic carbocycles. The predicted octanol–water partition coefficient (Wildman–Crippen LogP) is 0.808. The second-order valence-electron chi connectivity index (χ2n) is 5.19. The third kappa shape index (κ3) is 1.99. The summed E-state index contributed by atoms with van der Waals surface area (Å²) in [4.78, 5) is 12.2. The second-order valence-corrected chi connectivity index (χ2v) is 7.38. The molecule has 0 aromatic heterocycles. The Morgan fingerprint density at radius 2 is 2.18 bits per heavy atom. The van der Waals surface area contributed by atoms with Gasteiger partial charge in [-0.1, -0.05) is 6.92 Å². The van der Waals surface area contributed by atoms with Gasteiger partial charge in [-0.05, 0) is 26.7 Å². The Bertz CT molecular complexity index is 483. The van der Waals surface area contributed by atoms with Crippen LogP contribution in [0.25, 0.3) is 0 Å².